The van der Waals surface area contributed by atoms with Gasteiger partial charge in [0.25, 0.3) is 0 Å². The van der Waals surface area contributed by atoms with Gasteiger partial charge in [0.05, 0.1) is 5.69 Å². The SMILES string of the molecule is O=C(Nc1nc(-c2ccc3c(c2)CCCC3)cs1)C(F)(F)F. The number of nitrogens with one attached hydrogen (secondary N) is 1. The second-order valence-corrected chi connectivity index (χ2v) is 6.04. The highest BCUT2D eigenvalue weighted by Gasteiger charge is 2.39. The van der Waals surface area contributed by atoms with Gasteiger partial charge in [-0.05, 0) is 42.9 Å². The van der Waals surface area contributed by atoms with E-state index >= 15 is 0 Å². The fourth-order valence-corrected chi connectivity index (χ4v) is 3.24. The topological polar surface area (TPSA) is 42.0 Å². The quantitative estimate of drug-likeness (QED) is 0.899. The summed E-state index contributed by atoms with van der Waals surface area (Å²) in [6.07, 6.45) is -0.473. The van der Waals surface area contributed by atoms with Crippen molar-refractivity contribution in [1.29, 1.82) is 0 Å². The van der Waals surface area contributed by atoms with E-state index < -0.39 is 12.1 Å². The van der Waals surface area contributed by atoms with Gasteiger partial charge in [-0.1, -0.05) is 12.1 Å². The first kappa shape index (κ1) is 15.0. The van der Waals surface area contributed by atoms with E-state index in [1.807, 2.05) is 12.1 Å². The summed E-state index contributed by atoms with van der Waals surface area (Å²) in [4.78, 5) is 15.0. The van der Waals surface area contributed by atoms with E-state index in [1.165, 1.54) is 17.5 Å². The zero-order valence-corrected chi connectivity index (χ0v) is 12.4. The number of nitrogens with zero attached hydrogens (tertiary/aromatic N) is 1. The van der Waals surface area contributed by atoms with E-state index in [1.54, 1.807) is 10.7 Å². The van der Waals surface area contributed by atoms with Crippen molar-refractivity contribution in [1.82, 2.24) is 4.98 Å². The van der Waals surface area contributed by atoms with Crippen LogP contribution in [-0.2, 0) is 17.6 Å². The van der Waals surface area contributed by atoms with Crippen LogP contribution < -0.4 is 5.32 Å². The van der Waals surface area contributed by atoms with Crippen molar-refractivity contribution in [3.05, 3.63) is 34.7 Å². The molecule has 1 aromatic heterocycles. The monoisotopic (exact) mass is 326 g/mol. The van der Waals surface area contributed by atoms with Gasteiger partial charge in [0.2, 0.25) is 0 Å². The Hall–Kier alpha value is -1.89. The smallest absolute Gasteiger partial charge is 0.294 e. The molecule has 1 aliphatic rings. The summed E-state index contributed by atoms with van der Waals surface area (Å²) in [5.74, 6) is -2.00. The third kappa shape index (κ3) is 3.14. The minimum Gasteiger partial charge on any atom is -0.294 e. The number of thiazole rings is 1. The number of alkyl halides is 3. The van der Waals surface area contributed by atoms with Gasteiger partial charge in [0.15, 0.2) is 5.13 Å². The molecule has 7 heteroatoms. The zero-order chi connectivity index (χ0) is 15.7. The molecule has 0 radical (unpaired) electrons. The number of hydrogen-bond acceptors (Lipinski definition) is 3. The average molecular weight is 326 g/mol. The molecule has 0 spiro atoms. The normalized spacial score (nSPS) is 14.5. The van der Waals surface area contributed by atoms with Crippen molar-refractivity contribution in [3.63, 3.8) is 0 Å². The Morgan fingerprint density at radius 1 is 1.18 bits per heavy atom. The van der Waals surface area contributed by atoms with Crippen LogP contribution in [0.25, 0.3) is 11.3 Å². The van der Waals surface area contributed by atoms with Gasteiger partial charge in [0.1, 0.15) is 0 Å². The Kier molecular flexibility index (Phi) is 3.90. The molecule has 1 aromatic carbocycles. The Bertz CT molecular complexity index is 709. The lowest BCUT2D eigenvalue weighted by atomic mass is 9.90. The summed E-state index contributed by atoms with van der Waals surface area (Å²) in [6.45, 7) is 0. The molecule has 0 saturated carbocycles. The lowest BCUT2D eigenvalue weighted by molar-refractivity contribution is -0.167. The molecule has 0 unspecified atom stereocenters. The summed E-state index contributed by atoms with van der Waals surface area (Å²) in [5, 5.41) is 3.38. The molecule has 1 N–H and O–H groups in total. The predicted molar refractivity (Wildman–Crippen MR) is 78.9 cm³/mol. The minimum atomic E-state index is -4.91. The van der Waals surface area contributed by atoms with E-state index in [4.69, 9.17) is 0 Å². The van der Waals surface area contributed by atoms with Crippen molar-refractivity contribution in [2.75, 3.05) is 5.32 Å². The van der Waals surface area contributed by atoms with Gasteiger partial charge in [-0.15, -0.1) is 11.3 Å². The number of hydrogen-bond donors (Lipinski definition) is 1. The summed E-state index contributed by atoms with van der Waals surface area (Å²) < 4.78 is 36.7. The summed E-state index contributed by atoms with van der Waals surface area (Å²) in [7, 11) is 0. The standard InChI is InChI=1S/C15H13F3N2OS/c16-15(17,18)13(21)20-14-19-12(8-22-14)11-6-5-9-3-1-2-4-10(9)7-11/h5-8H,1-4H2,(H,19,20,21). The number of anilines is 1. The van der Waals surface area contributed by atoms with Crippen molar-refractivity contribution in [2.45, 2.75) is 31.9 Å². The van der Waals surface area contributed by atoms with Crippen LogP contribution >= 0.6 is 11.3 Å². The maximum Gasteiger partial charge on any atom is 0.471 e. The van der Waals surface area contributed by atoms with Crippen LogP contribution in [0.3, 0.4) is 0 Å². The molecule has 0 aliphatic heterocycles. The molecule has 3 rings (SSSR count). The maximum absolute atomic E-state index is 12.2. The van der Waals surface area contributed by atoms with E-state index in [9.17, 15) is 18.0 Å². The van der Waals surface area contributed by atoms with Crippen LogP contribution in [0.2, 0.25) is 0 Å². The molecule has 3 nitrogen and oxygen atoms in total. The molecule has 1 heterocycles. The summed E-state index contributed by atoms with van der Waals surface area (Å²) >= 11 is 0.983. The van der Waals surface area contributed by atoms with Gasteiger partial charge in [-0.3, -0.25) is 10.1 Å². The van der Waals surface area contributed by atoms with Crippen LogP contribution in [0.15, 0.2) is 23.6 Å². The van der Waals surface area contributed by atoms with Crippen molar-refractivity contribution < 1.29 is 18.0 Å². The van der Waals surface area contributed by atoms with E-state index in [0.717, 1.165) is 36.2 Å². The Morgan fingerprint density at radius 2 is 1.91 bits per heavy atom. The number of amides is 1. The molecule has 1 amide bonds. The highest BCUT2D eigenvalue weighted by Crippen LogP contribution is 2.30. The second-order valence-electron chi connectivity index (χ2n) is 5.18. The van der Waals surface area contributed by atoms with Gasteiger partial charge < -0.3 is 0 Å². The molecule has 1 aliphatic carbocycles. The fourth-order valence-electron chi connectivity index (χ4n) is 2.52. The van der Waals surface area contributed by atoms with Crippen LogP contribution in [0.5, 0.6) is 0 Å². The molecule has 0 saturated heterocycles. The molecule has 0 fully saturated rings. The Balaban J connectivity index is 1.80. The Morgan fingerprint density at radius 3 is 2.64 bits per heavy atom. The van der Waals surface area contributed by atoms with E-state index in [2.05, 4.69) is 11.1 Å². The summed E-state index contributed by atoms with van der Waals surface area (Å²) in [6, 6.07) is 6.02. The zero-order valence-electron chi connectivity index (χ0n) is 11.5. The highest BCUT2D eigenvalue weighted by atomic mass is 32.1. The van der Waals surface area contributed by atoms with Gasteiger partial charge >= 0.3 is 12.1 Å². The lowest BCUT2D eigenvalue weighted by Gasteiger charge is -2.16. The molecule has 2 aromatic rings. The third-order valence-corrected chi connectivity index (χ3v) is 4.38. The first-order valence-electron chi connectivity index (χ1n) is 6.89. The molecular weight excluding hydrogens is 313 g/mol. The number of aryl methyl sites for hydroxylation is 2. The molecule has 22 heavy (non-hydrogen) atoms. The van der Waals surface area contributed by atoms with Crippen LogP contribution in [0.4, 0.5) is 18.3 Å². The van der Waals surface area contributed by atoms with E-state index in [0.29, 0.717) is 5.69 Å². The number of benzene rings is 1. The van der Waals surface area contributed by atoms with Crippen molar-refractivity contribution >= 4 is 22.4 Å². The number of carbonyl (C=O) groups is 1. The van der Waals surface area contributed by atoms with Crippen molar-refractivity contribution in [3.8, 4) is 11.3 Å². The molecule has 0 bridgehead atoms. The highest BCUT2D eigenvalue weighted by molar-refractivity contribution is 7.14. The lowest BCUT2D eigenvalue weighted by Crippen LogP contribution is -2.29. The number of fused-ring (bicyclic) bond motifs is 1. The minimum absolute atomic E-state index is 0.0463. The van der Waals surface area contributed by atoms with Crippen LogP contribution in [0.1, 0.15) is 24.0 Å². The fraction of sp³-hybridized carbons (Fsp3) is 0.333. The Labute approximate surface area is 129 Å². The third-order valence-electron chi connectivity index (χ3n) is 3.63. The molecule has 116 valence electrons. The number of aromatic nitrogens is 1. The van der Waals surface area contributed by atoms with E-state index in [-0.39, 0.29) is 5.13 Å². The van der Waals surface area contributed by atoms with Gasteiger partial charge in [-0.2, -0.15) is 13.2 Å². The molecule has 0 atom stereocenters. The second kappa shape index (κ2) is 5.72. The average Bonchev–Trinajstić information content (AvgIpc) is 2.94. The van der Waals surface area contributed by atoms with Crippen molar-refractivity contribution in [2.24, 2.45) is 0 Å². The number of halogens is 3. The number of carbonyl (C=O) groups excluding carboxylic acids is 1. The maximum atomic E-state index is 12.2. The number of rotatable bonds is 2. The largest absolute Gasteiger partial charge is 0.471 e. The van der Waals surface area contributed by atoms with Crippen LogP contribution in [0, 0.1) is 0 Å². The first-order chi connectivity index (χ1) is 10.4. The molecular formula is C15H13F3N2OS. The first-order valence-corrected chi connectivity index (χ1v) is 7.77. The van der Waals surface area contributed by atoms with Gasteiger partial charge in [-0.25, -0.2) is 4.98 Å². The summed E-state index contributed by atoms with van der Waals surface area (Å²) in [5.41, 5.74) is 4.05. The predicted octanol–water partition coefficient (Wildman–Crippen LogP) is 4.19. The van der Waals surface area contributed by atoms with Crippen LogP contribution in [-0.4, -0.2) is 17.1 Å². The van der Waals surface area contributed by atoms with Gasteiger partial charge in [0, 0.05) is 10.9 Å².